The number of aryl methyl sites for hydroxylation is 1. The first-order chi connectivity index (χ1) is 10.7. The van der Waals surface area contributed by atoms with Crippen LogP contribution in [0.4, 0.5) is 4.39 Å². The molecule has 0 unspecified atom stereocenters. The van der Waals surface area contributed by atoms with E-state index in [1.54, 1.807) is 12.3 Å². The SMILES string of the molecule is Cc1ccc(-n2cc(-c3ccccc3)nn2)c(F)c1.O=C=O. The second-order valence-corrected chi connectivity index (χ2v) is 4.45. The van der Waals surface area contributed by atoms with E-state index in [4.69, 9.17) is 9.59 Å². The van der Waals surface area contributed by atoms with Crippen LogP contribution in [-0.2, 0) is 9.59 Å². The fourth-order valence-corrected chi connectivity index (χ4v) is 1.92. The molecule has 6 heteroatoms. The van der Waals surface area contributed by atoms with Gasteiger partial charge in [-0.25, -0.2) is 9.07 Å². The van der Waals surface area contributed by atoms with Gasteiger partial charge < -0.3 is 0 Å². The predicted molar refractivity (Wildman–Crippen MR) is 76.5 cm³/mol. The first-order valence-corrected chi connectivity index (χ1v) is 6.39. The minimum atomic E-state index is -0.301. The number of aromatic nitrogens is 3. The standard InChI is InChI=1S/C15H12FN3.CO2/c1-11-7-8-15(13(16)9-11)19-10-14(17-18-19)12-5-3-2-4-6-12;2-1-3/h2-10H,1H3;. The van der Waals surface area contributed by atoms with Crippen molar-refractivity contribution in [3.8, 4) is 16.9 Å². The Morgan fingerprint density at radius 1 is 1.09 bits per heavy atom. The van der Waals surface area contributed by atoms with Gasteiger partial charge >= 0.3 is 6.15 Å². The Hall–Kier alpha value is -3.11. The number of halogens is 1. The summed E-state index contributed by atoms with van der Waals surface area (Å²) in [5, 5.41) is 8.05. The Morgan fingerprint density at radius 2 is 1.77 bits per heavy atom. The first-order valence-electron chi connectivity index (χ1n) is 6.39. The minimum Gasteiger partial charge on any atom is -0.217 e. The van der Waals surface area contributed by atoms with Crippen LogP contribution in [0.2, 0.25) is 0 Å². The van der Waals surface area contributed by atoms with Gasteiger partial charge in [-0.15, -0.1) is 5.10 Å². The van der Waals surface area contributed by atoms with Gasteiger partial charge in [-0.3, -0.25) is 0 Å². The van der Waals surface area contributed by atoms with Gasteiger partial charge in [0, 0.05) is 5.56 Å². The molecule has 5 nitrogen and oxygen atoms in total. The fourth-order valence-electron chi connectivity index (χ4n) is 1.92. The first kappa shape index (κ1) is 15.3. The van der Waals surface area contributed by atoms with E-state index in [1.807, 2.05) is 43.3 Å². The van der Waals surface area contributed by atoms with Gasteiger partial charge in [-0.05, 0) is 24.6 Å². The quantitative estimate of drug-likeness (QED) is 0.729. The second-order valence-electron chi connectivity index (χ2n) is 4.45. The molecular formula is C16H12FN3O2. The summed E-state index contributed by atoms with van der Waals surface area (Å²) in [6.45, 7) is 1.85. The molecule has 0 saturated heterocycles. The maximum Gasteiger partial charge on any atom is 0.373 e. The zero-order chi connectivity index (χ0) is 15.9. The molecule has 1 heterocycles. The molecule has 0 saturated carbocycles. The number of carbonyl (C=O) groups excluding carboxylic acids is 2. The van der Waals surface area contributed by atoms with Crippen molar-refractivity contribution in [1.82, 2.24) is 15.0 Å². The number of rotatable bonds is 2. The van der Waals surface area contributed by atoms with E-state index in [9.17, 15) is 4.39 Å². The van der Waals surface area contributed by atoms with Crippen LogP contribution < -0.4 is 0 Å². The van der Waals surface area contributed by atoms with E-state index in [1.165, 1.54) is 10.7 Å². The summed E-state index contributed by atoms with van der Waals surface area (Å²) in [7, 11) is 0. The van der Waals surface area contributed by atoms with Gasteiger partial charge in [0.15, 0.2) is 0 Å². The van der Waals surface area contributed by atoms with Crippen molar-refractivity contribution in [3.05, 3.63) is 66.1 Å². The summed E-state index contributed by atoms with van der Waals surface area (Å²) in [5.41, 5.74) is 2.96. The Morgan fingerprint density at radius 3 is 2.41 bits per heavy atom. The molecular weight excluding hydrogens is 285 g/mol. The molecule has 0 radical (unpaired) electrons. The normalized spacial score (nSPS) is 9.55. The van der Waals surface area contributed by atoms with Crippen molar-refractivity contribution in [2.45, 2.75) is 6.92 Å². The fraction of sp³-hybridized carbons (Fsp3) is 0.0625. The maximum absolute atomic E-state index is 13.9. The van der Waals surface area contributed by atoms with Crippen LogP contribution in [-0.4, -0.2) is 21.1 Å². The number of benzene rings is 2. The highest BCUT2D eigenvalue weighted by molar-refractivity contribution is 5.57. The molecule has 0 spiro atoms. The summed E-state index contributed by atoms with van der Waals surface area (Å²) in [6, 6.07) is 14.7. The molecule has 0 aliphatic carbocycles. The zero-order valence-electron chi connectivity index (χ0n) is 11.7. The van der Waals surface area contributed by atoms with Gasteiger partial charge in [-0.2, -0.15) is 9.59 Å². The molecule has 0 atom stereocenters. The van der Waals surface area contributed by atoms with Crippen molar-refractivity contribution in [1.29, 1.82) is 0 Å². The predicted octanol–water partition coefficient (Wildman–Crippen LogP) is 2.80. The van der Waals surface area contributed by atoms with E-state index in [0.29, 0.717) is 5.69 Å². The second kappa shape index (κ2) is 7.06. The number of nitrogens with zero attached hydrogens (tertiary/aromatic N) is 3. The topological polar surface area (TPSA) is 64.8 Å². The molecule has 0 N–H and O–H groups in total. The van der Waals surface area contributed by atoms with E-state index in [-0.39, 0.29) is 12.0 Å². The Bertz CT molecular complexity index is 794. The molecule has 0 bridgehead atoms. The van der Waals surface area contributed by atoms with Crippen molar-refractivity contribution < 1.29 is 14.0 Å². The summed E-state index contributed by atoms with van der Waals surface area (Å²) in [4.78, 5) is 16.2. The third-order valence-corrected chi connectivity index (χ3v) is 2.91. The molecule has 0 amide bonds. The average molecular weight is 297 g/mol. The van der Waals surface area contributed by atoms with E-state index >= 15 is 0 Å². The van der Waals surface area contributed by atoms with Crippen LogP contribution in [0.5, 0.6) is 0 Å². The van der Waals surface area contributed by atoms with Crippen LogP contribution in [0, 0.1) is 12.7 Å². The molecule has 0 aliphatic heterocycles. The van der Waals surface area contributed by atoms with Crippen molar-refractivity contribution in [2.24, 2.45) is 0 Å². The van der Waals surface area contributed by atoms with E-state index in [0.717, 1.165) is 16.8 Å². The van der Waals surface area contributed by atoms with Gasteiger partial charge in [-0.1, -0.05) is 41.6 Å². The highest BCUT2D eigenvalue weighted by Crippen LogP contribution is 2.19. The van der Waals surface area contributed by atoms with Crippen molar-refractivity contribution in [2.75, 3.05) is 0 Å². The Labute approximate surface area is 126 Å². The third kappa shape index (κ3) is 3.50. The molecule has 3 aromatic rings. The van der Waals surface area contributed by atoms with Crippen LogP contribution in [0.1, 0.15) is 5.56 Å². The van der Waals surface area contributed by atoms with Crippen LogP contribution in [0.3, 0.4) is 0 Å². The lowest BCUT2D eigenvalue weighted by atomic mass is 10.2. The highest BCUT2D eigenvalue weighted by Gasteiger charge is 2.08. The number of hydrogen-bond acceptors (Lipinski definition) is 4. The van der Waals surface area contributed by atoms with Crippen LogP contribution in [0.25, 0.3) is 16.9 Å². The Kier molecular flexibility index (Phi) is 4.90. The summed E-state index contributed by atoms with van der Waals surface area (Å²) >= 11 is 0. The van der Waals surface area contributed by atoms with Crippen LogP contribution >= 0.6 is 0 Å². The lowest BCUT2D eigenvalue weighted by Crippen LogP contribution is -1.98. The van der Waals surface area contributed by atoms with Gasteiger partial charge in [0.1, 0.15) is 17.2 Å². The molecule has 0 fully saturated rings. The Balaban J connectivity index is 0.000000545. The van der Waals surface area contributed by atoms with Crippen LogP contribution in [0.15, 0.2) is 54.7 Å². The van der Waals surface area contributed by atoms with Crippen molar-refractivity contribution >= 4 is 6.15 Å². The molecule has 3 rings (SSSR count). The third-order valence-electron chi connectivity index (χ3n) is 2.91. The zero-order valence-corrected chi connectivity index (χ0v) is 11.7. The molecule has 0 aliphatic rings. The largest absolute Gasteiger partial charge is 0.373 e. The molecule has 2 aromatic carbocycles. The summed E-state index contributed by atoms with van der Waals surface area (Å²) in [6.07, 6.45) is 1.98. The molecule has 110 valence electrons. The van der Waals surface area contributed by atoms with Gasteiger partial charge in [0.05, 0.1) is 6.20 Å². The minimum absolute atomic E-state index is 0.250. The average Bonchev–Trinajstić information content (AvgIpc) is 2.98. The van der Waals surface area contributed by atoms with Gasteiger partial charge in [0.2, 0.25) is 0 Å². The highest BCUT2D eigenvalue weighted by atomic mass is 19.1. The number of hydrogen-bond donors (Lipinski definition) is 0. The summed E-state index contributed by atoms with van der Waals surface area (Å²) < 4.78 is 15.3. The van der Waals surface area contributed by atoms with Gasteiger partial charge in [0.25, 0.3) is 0 Å². The van der Waals surface area contributed by atoms with E-state index in [2.05, 4.69) is 10.3 Å². The molecule has 1 aromatic heterocycles. The maximum atomic E-state index is 13.9. The van der Waals surface area contributed by atoms with Crippen molar-refractivity contribution in [3.63, 3.8) is 0 Å². The smallest absolute Gasteiger partial charge is 0.217 e. The summed E-state index contributed by atoms with van der Waals surface area (Å²) in [5.74, 6) is -0.301. The molecule has 22 heavy (non-hydrogen) atoms. The monoisotopic (exact) mass is 297 g/mol. The van der Waals surface area contributed by atoms with E-state index < -0.39 is 0 Å². The lowest BCUT2D eigenvalue weighted by Gasteiger charge is -2.02. The lowest BCUT2D eigenvalue weighted by molar-refractivity contribution is -0.191.